The molecule has 0 aliphatic carbocycles. The first-order valence-electron chi connectivity index (χ1n) is 8.33. The molecule has 0 spiro atoms. The summed E-state index contributed by atoms with van der Waals surface area (Å²) in [5.41, 5.74) is 1.65. The Bertz CT molecular complexity index is 1240. The number of nitrogens with zero attached hydrogens (tertiary/aromatic N) is 1. The number of thiazole rings is 1. The Hall–Kier alpha value is -3.40. The molecule has 1 amide bonds. The van der Waals surface area contributed by atoms with E-state index < -0.39 is 17.5 Å². The minimum atomic E-state index is -4.39. The number of carbonyl (C=O) groups is 1. The molecule has 0 radical (unpaired) electrons. The summed E-state index contributed by atoms with van der Waals surface area (Å²) in [5.74, 6) is -0.902. The average Bonchev–Trinajstić information content (AvgIpc) is 3.26. The van der Waals surface area contributed by atoms with Crippen molar-refractivity contribution in [2.45, 2.75) is 12.6 Å². The molecule has 0 aliphatic heterocycles. The van der Waals surface area contributed by atoms with Crippen molar-refractivity contribution in [2.75, 3.05) is 5.32 Å². The average molecular weight is 419 g/mol. The van der Waals surface area contributed by atoms with Crippen LogP contribution in [-0.2, 0) is 17.4 Å². The lowest BCUT2D eigenvalue weighted by atomic mass is 10.1. The highest BCUT2D eigenvalue weighted by Gasteiger charge is 2.30. The SMILES string of the molecule is O=C(Cc1csc(-c2ccc(C(F)(F)F)cc2)n1)Nc1ccc2oc(=O)[nH]c2c1. The number of halogens is 3. The Balaban J connectivity index is 1.44. The van der Waals surface area contributed by atoms with Gasteiger partial charge in [0, 0.05) is 16.6 Å². The van der Waals surface area contributed by atoms with Crippen LogP contribution in [0.4, 0.5) is 18.9 Å². The third-order valence-electron chi connectivity index (χ3n) is 4.06. The van der Waals surface area contributed by atoms with Gasteiger partial charge in [0.05, 0.1) is 23.2 Å². The number of anilines is 1. The quantitative estimate of drug-likeness (QED) is 0.512. The lowest BCUT2D eigenvalue weighted by molar-refractivity contribution is -0.137. The fraction of sp³-hybridized carbons (Fsp3) is 0.105. The van der Waals surface area contributed by atoms with Crippen molar-refractivity contribution < 1.29 is 22.4 Å². The third-order valence-corrected chi connectivity index (χ3v) is 5.00. The number of alkyl halides is 3. The molecule has 2 aromatic heterocycles. The van der Waals surface area contributed by atoms with E-state index in [1.54, 1.807) is 23.6 Å². The minimum Gasteiger partial charge on any atom is -0.408 e. The van der Waals surface area contributed by atoms with Gasteiger partial charge in [-0.1, -0.05) is 12.1 Å². The van der Waals surface area contributed by atoms with E-state index in [1.165, 1.54) is 23.5 Å². The van der Waals surface area contributed by atoms with E-state index >= 15 is 0 Å². The number of hydrogen-bond acceptors (Lipinski definition) is 5. The molecule has 0 saturated heterocycles. The number of H-pyrrole nitrogens is 1. The Labute approximate surface area is 165 Å². The van der Waals surface area contributed by atoms with Crippen LogP contribution in [0.2, 0.25) is 0 Å². The van der Waals surface area contributed by atoms with Crippen LogP contribution in [-0.4, -0.2) is 15.9 Å². The molecule has 4 rings (SSSR count). The first kappa shape index (κ1) is 18.9. The number of carbonyl (C=O) groups excluding carboxylic acids is 1. The van der Waals surface area contributed by atoms with Gasteiger partial charge < -0.3 is 9.73 Å². The fourth-order valence-corrected chi connectivity index (χ4v) is 3.55. The summed E-state index contributed by atoms with van der Waals surface area (Å²) >= 11 is 1.24. The first-order chi connectivity index (χ1) is 13.8. The second-order valence-corrected chi connectivity index (χ2v) is 7.03. The van der Waals surface area contributed by atoms with Crippen LogP contribution >= 0.6 is 11.3 Å². The molecule has 2 aromatic carbocycles. The van der Waals surface area contributed by atoms with Gasteiger partial charge in [-0.05, 0) is 30.3 Å². The van der Waals surface area contributed by atoms with Gasteiger partial charge in [0.15, 0.2) is 5.58 Å². The van der Waals surface area contributed by atoms with Gasteiger partial charge in [-0.15, -0.1) is 11.3 Å². The molecule has 0 bridgehead atoms. The Morgan fingerprint density at radius 1 is 1.17 bits per heavy atom. The second kappa shape index (κ2) is 7.21. The van der Waals surface area contributed by atoms with Crippen molar-refractivity contribution in [1.29, 1.82) is 0 Å². The summed E-state index contributed by atoms with van der Waals surface area (Å²) in [4.78, 5) is 30.3. The topological polar surface area (TPSA) is 88.0 Å². The molecule has 0 unspecified atom stereocenters. The van der Waals surface area contributed by atoms with Gasteiger partial charge in [0.1, 0.15) is 5.01 Å². The van der Waals surface area contributed by atoms with Crippen molar-refractivity contribution >= 4 is 34.0 Å². The molecule has 2 N–H and O–H groups in total. The maximum atomic E-state index is 12.7. The van der Waals surface area contributed by atoms with Gasteiger partial charge in [0.25, 0.3) is 0 Å². The Morgan fingerprint density at radius 3 is 2.66 bits per heavy atom. The number of aromatic nitrogens is 2. The Kier molecular flexibility index (Phi) is 4.71. The number of fused-ring (bicyclic) bond motifs is 1. The first-order valence-corrected chi connectivity index (χ1v) is 9.21. The summed E-state index contributed by atoms with van der Waals surface area (Å²) in [6, 6.07) is 9.45. The summed E-state index contributed by atoms with van der Waals surface area (Å²) < 4.78 is 42.9. The van der Waals surface area contributed by atoms with Crippen molar-refractivity contribution in [2.24, 2.45) is 0 Å². The predicted molar refractivity (Wildman–Crippen MR) is 102 cm³/mol. The van der Waals surface area contributed by atoms with E-state index in [-0.39, 0.29) is 12.3 Å². The molecule has 29 heavy (non-hydrogen) atoms. The van der Waals surface area contributed by atoms with Crippen molar-refractivity contribution in [3.8, 4) is 10.6 Å². The standard InChI is InChI=1S/C19H12F3N3O3S/c20-19(21,22)11-3-1-10(2-4-11)17-24-13(9-29-17)8-16(26)23-12-5-6-15-14(7-12)25-18(27)28-15/h1-7,9H,8H2,(H,23,26)(H,25,27). The number of oxazole rings is 1. The summed E-state index contributed by atoms with van der Waals surface area (Å²) in [6.07, 6.45) is -4.39. The number of hydrogen-bond donors (Lipinski definition) is 2. The van der Waals surface area contributed by atoms with Crippen LogP contribution in [0.25, 0.3) is 21.7 Å². The van der Waals surface area contributed by atoms with Gasteiger partial charge >= 0.3 is 11.9 Å². The van der Waals surface area contributed by atoms with Crippen LogP contribution in [0.1, 0.15) is 11.3 Å². The zero-order valence-electron chi connectivity index (χ0n) is 14.5. The maximum Gasteiger partial charge on any atom is 0.417 e. The van der Waals surface area contributed by atoms with Crippen molar-refractivity contribution in [3.05, 3.63) is 69.7 Å². The van der Waals surface area contributed by atoms with Gasteiger partial charge in [0.2, 0.25) is 5.91 Å². The van der Waals surface area contributed by atoms with Crippen LogP contribution in [0.15, 0.2) is 57.1 Å². The van der Waals surface area contributed by atoms with Gasteiger partial charge in [-0.25, -0.2) is 9.78 Å². The maximum absolute atomic E-state index is 12.7. The summed E-state index contributed by atoms with van der Waals surface area (Å²) in [5, 5.41) is 4.91. The smallest absolute Gasteiger partial charge is 0.408 e. The highest BCUT2D eigenvalue weighted by Crippen LogP contribution is 2.31. The lowest BCUT2D eigenvalue weighted by Gasteiger charge is -2.06. The highest BCUT2D eigenvalue weighted by atomic mass is 32.1. The molecule has 0 saturated carbocycles. The van der Waals surface area contributed by atoms with Crippen LogP contribution in [0.3, 0.4) is 0 Å². The van der Waals surface area contributed by atoms with Gasteiger partial charge in [-0.3, -0.25) is 9.78 Å². The highest BCUT2D eigenvalue weighted by molar-refractivity contribution is 7.13. The van der Waals surface area contributed by atoms with E-state index in [0.29, 0.717) is 33.1 Å². The van der Waals surface area contributed by atoms with E-state index in [2.05, 4.69) is 15.3 Å². The minimum absolute atomic E-state index is 0.00290. The molecule has 148 valence electrons. The molecule has 0 aliphatic rings. The van der Waals surface area contributed by atoms with Crippen molar-refractivity contribution in [1.82, 2.24) is 9.97 Å². The molecule has 6 nitrogen and oxygen atoms in total. The van der Waals surface area contributed by atoms with E-state index in [4.69, 9.17) is 4.42 Å². The number of nitrogens with one attached hydrogen (secondary N) is 2. The molecular weight excluding hydrogens is 407 g/mol. The fourth-order valence-electron chi connectivity index (χ4n) is 2.72. The van der Waals surface area contributed by atoms with Crippen LogP contribution in [0.5, 0.6) is 0 Å². The molecule has 0 atom stereocenters. The van der Waals surface area contributed by atoms with Crippen LogP contribution < -0.4 is 11.1 Å². The molecule has 0 fully saturated rings. The van der Waals surface area contributed by atoms with Crippen LogP contribution in [0, 0.1) is 0 Å². The second-order valence-electron chi connectivity index (χ2n) is 6.17. The molecule has 2 heterocycles. The van der Waals surface area contributed by atoms with E-state index in [1.807, 2.05) is 0 Å². The lowest BCUT2D eigenvalue weighted by Crippen LogP contribution is -2.14. The largest absolute Gasteiger partial charge is 0.417 e. The normalized spacial score (nSPS) is 11.7. The molecule has 10 heteroatoms. The number of amides is 1. The van der Waals surface area contributed by atoms with E-state index in [0.717, 1.165) is 12.1 Å². The zero-order valence-corrected chi connectivity index (χ0v) is 15.4. The molecule has 4 aromatic rings. The predicted octanol–water partition coefficient (Wildman–Crippen LogP) is 4.44. The van der Waals surface area contributed by atoms with Gasteiger partial charge in [-0.2, -0.15) is 13.2 Å². The number of aromatic amines is 1. The zero-order chi connectivity index (χ0) is 20.6. The third kappa shape index (κ3) is 4.21. The molecular formula is C19H12F3N3O3S. The summed E-state index contributed by atoms with van der Waals surface area (Å²) in [6.45, 7) is 0. The monoisotopic (exact) mass is 419 g/mol. The number of rotatable bonds is 4. The Morgan fingerprint density at radius 2 is 1.93 bits per heavy atom. The summed E-state index contributed by atoms with van der Waals surface area (Å²) in [7, 11) is 0. The van der Waals surface area contributed by atoms with Crippen molar-refractivity contribution in [3.63, 3.8) is 0 Å². The van der Waals surface area contributed by atoms with E-state index in [9.17, 15) is 22.8 Å². The number of benzene rings is 2.